The van der Waals surface area contributed by atoms with Gasteiger partial charge in [0.05, 0.1) is 13.5 Å². The molecular formula is C13H14O4. The van der Waals surface area contributed by atoms with Crippen LogP contribution in [0.2, 0.25) is 0 Å². The molecule has 0 amide bonds. The minimum Gasteiger partial charge on any atom is -0.469 e. The fraction of sp³-hybridized carbons (Fsp3) is 0.231. The van der Waals surface area contributed by atoms with Crippen LogP contribution in [-0.4, -0.2) is 19.0 Å². The molecule has 17 heavy (non-hydrogen) atoms. The van der Waals surface area contributed by atoms with Crippen LogP contribution in [0, 0.1) is 0 Å². The van der Waals surface area contributed by atoms with E-state index in [4.69, 9.17) is 4.74 Å². The van der Waals surface area contributed by atoms with Crippen molar-refractivity contribution in [2.24, 2.45) is 0 Å². The Morgan fingerprint density at radius 1 is 1.24 bits per heavy atom. The zero-order chi connectivity index (χ0) is 12.7. The number of esters is 2. The molecule has 0 heterocycles. The average Bonchev–Trinajstić information content (AvgIpc) is 2.36. The zero-order valence-corrected chi connectivity index (χ0v) is 9.64. The minimum absolute atomic E-state index is 0.0905. The summed E-state index contributed by atoms with van der Waals surface area (Å²) in [6.07, 6.45) is -0.149. The molecule has 0 bridgehead atoms. The highest BCUT2D eigenvalue weighted by molar-refractivity contribution is 5.93. The summed E-state index contributed by atoms with van der Waals surface area (Å²) in [6.45, 7) is 3.65. The molecule has 90 valence electrons. The third kappa shape index (κ3) is 4.51. The molecule has 1 aromatic carbocycles. The summed E-state index contributed by atoms with van der Waals surface area (Å²) in [6, 6.07) is 9.27. The summed E-state index contributed by atoms with van der Waals surface area (Å²) in [5, 5.41) is 0. The lowest BCUT2D eigenvalue weighted by atomic mass is 10.2. The molecule has 0 atom stereocenters. The van der Waals surface area contributed by atoms with E-state index in [1.54, 1.807) is 0 Å². The van der Waals surface area contributed by atoms with Crippen LogP contribution in [0.15, 0.2) is 42.5 Å². The second-order valence-corrected chi connectivity index (χ2v) is 3.42. The number of benzene rings is 1. The summed E-state index contributed by atoms with van der Waals surface area (Å²) in [5.74, 6) is -1.09. The van der Waals surface area contributed by atoms with Crippen molar-refractivity contribution in [2.45, 2.75) is 13.0 Å². The predicted octanol–water partition coefficient (Wildman–Crippen LogP) is 1.85. The molecule has 0 unspecified atom stereocenters. The third-order valence-electron chi connectivity index (χ3n) is 2.09. The van der Waals surface area contributed by atoms with Crippen molar-refractivity contribution in [2.75, 3.05) is 7.11 Å². The van der Waals surface area contributed by atoms with Gasteiger partial charge in [-0.15, -0.1) is 0 Å². The lowest BCUT2D eigenvalue weighted by Gasteiger charge is -2.06. The quantitative estimate of drug-likeness (QED) is 0.576. The van der Waals surface area contributed by atoms with Crippen LogP contribution in [0.1, 0.15) is 12.0 Å². The van der Waals surface area contributed by atoms with E-state index in [1.165, 1.54) is 7.11 Å². The lowest BCUT2D eigenvalue weighted by molar-refractivity contribution is -0.145. The fourth-order valence-electron chi connectivity index (χ4n) is 1.14. The molecule has 1 aromatic rings. The topological polar surface area (TPSA) is 52.6 Å². The van der Waals surface area contributed by atoms with Gasteiger partial charge in [0.25, 0.3) is 0 Å². The van der Waals surface area contributed by atoms with Gasteiger partial charge in [-0.1, -0.05) is 36.9 Å². The first-order chi connectivity index (χ1) is 8.13. The van der Waals surface area contributed by atoms with E-state index in [1.807, 2.05) is 30.3 Å². The molecule has 0 aromatic heterocycles. The maximum absolute atomic E-state index is 11.4. The Hall–Kier alpha value is -2.10. The number of methoxy groups -OCH3 is 1. The number of carbonyl (C=O) groups is 2. The summed E-state index contributed by atoms with van der Waals surface area (Å²) in [5.41, 5.74) is 0.972. The molecule has 4 nitrogen and oxygen atoms in total. The highest BCUT2D eigenvalue weighted by Gasteiger charge is 2.13. The molecule has 0 aliphatic carbocycles. The van der Waals surface area contributed by atoms with Gasteiger partial charge in [-0.05, 0) is 5.56 Å². The summed E-state index contributed by atoms with van der Waals surface area (Å²) < 4.78 is 9.42. The van der Waals surface area contributed by atoms with Crippen molar-refractivity contribution in [3.63, 3.8) is 0 Å². The minimum atomic E-state index is -0.584. The second-order valence-electron chi connectivity index (χ2n) is 3.42. The Morgan fingerprint density at radius 3 is 2.47 bits per heavy atom. The number of rotatable bonds is 5. The number of hydrogen-bond acceptors (Lipinski definition) is 4. The maximum atomic E-state index is 11.4. The monoisotopic (exact) mass is 234 g/mol. The highest BCUT2D eigenvalue weighted by atomic mass is 16.5. The number of hydrogen-bond donors (Lipinski definition) is 0. The molecule has 0 aliphatic rings. The number of ether oxygens (including phenoxy) is 2. The summed E-state index contributed by atoms with van der Waals surface area (Å²) in [4.78, 5) is 22.3. The largest absolute Gasteiger partial charge is 0.469 e. The van der Waals surface area contributed by atoms with E-state index in [0.29, 0.717) is 0 Å². The van der Waals surface area contributed by atoms with E-state index in [2.05, 4.69) is 11.3 Å². The first-order valence-corrected chi connectivity index (χ1v) is 5.09. The van der Waals surface area contributed by atoms with Gasteiger partial charge in [-0.2, -0.15) is 0 Å². The van der Waals surface area contributed by atoms with Crippen LogP contribution in [0.3, 0.4) is 0 Å². The SMILES string of the molecule is C=C(CC(=O)OC)C(=O)OCc1ccccc1. The molecule has 4 heteroatoms. The third-order valence-corrected chi connectivity index (χ3v) is 2.09. The molecule has 0 saturated carbocycles. The Bertz CT molecular complexity index is 409. The van der Waals surface area contributed by atoms with E-state index < -0.39 is 11.9 Å². The van der Waals surface area contributed by atoms with Gasteiger partial charge in [-0.3, -0.25) is 4.79 Å². The van der Waals surface area contributed by atoms with Gasteiger partial charge in [0.2, 0.25) is 0 Å². The molecule has 0 saturated heterocycles. The van der Waals surface area contributed by atoms with Crippen LogP contribution in [0.4, 0.5) is 0 Å². The van der Waals surface area contributed by atoms with E-state index in [0.717, 1.165) is 5.56 Å². The molecular weight excluding hydrogens is 220 g/mol. The first-order valence-electron chi connectivity index (χ1n) is 5.09. The van der Waals surface area contributed by atoms with Crippen LogP contribution >= 0.6 is 0 Å². The normalized spacial score (nSPS) is 9.47. The van der Waals surface area contributed by atoms with Gasteiger partial charge in [0, 0.05) is 5.57 Å². The van der Waals surface area contributed by atoms with E-state index in [-0.39, 0.29) is 18.6 Å². The van der Waals surface area contributed by atoms with Crippen molar-refractivity contribution >= 4 is 11.9 Å². The standard InChI is InChI=1S/C13H14O4/c1-10(8-12(14)16-2)13(15)17-9-11-6-4-3-5-7-11/h3-7H,1,8-9H2,2H3. The Morgan fingerprint density at radius 2 is 1.88 bits per heavy atom. The summed E-state index contributed by atoms with van der Waals surface area (Å²) in [7, 11) is 1.25. The first kappa shape index (κ1) is 13.0. The molecule has 0 aliphatic heterocycles. The fourth-order valence-corrected chi connectivity index (χ4v) is 1.14. The second kappa shape index (κ2) is 6.48. The maximum Gasteiger partial charge on any atom is 0.334 e. The van der Waals surface area contributed by atoms with Crippen LogP contribution in [0.5, 0.6) is 0 Å². The van der Waals surface area contributed by atoms with Crippen molar-refractivity contribution in [3.8, 4) is 0 Å². The highest BCUT2D eigenvalue weighted by Crippen LogP contribution is 2.06. The van der Waals surface area contributed by atoms with Crippen molar-refractivity contribution in [3.05, 3.63) is 48.0 Å². The molecule has 0 spiro atoms. The van der Waals surface area contributed by atoms with Gasteiger partial charge in [0.15, 0.2) is 0 Å². The smallest absolute Gasteiger partial charge is 0.334 e. The molecule has 0 fully saturated rings. The molecule has 0 N–H and O–H groups in total. The van der Waals surface area contributed by atoms with Crippen molar-refractivity contribution in [1.82, 2.24) is 0 Å². The van der Waals surface area contributed by atoms with Gasteiger partial charge in [-0.25, -0.2) is 4.79 Å². The Labute approximate surface area is 99.8 Å². The van der Waals surface area contributed by atoms with Crippen molar-refractivity contribution in [1.29, 1.82) is 0 Å². The zero-order valence-electron chi connectivity index (χ0n) is 9.64. The molecule has 1 rings (SSSR count). The van der Waals surface area contributed by atoms with Crippen molar-refractivity contribution < 1.29 is 19.1 Å². The summed E-state index contributed by atoms with van der Waals surface area (Å²) >= 11 is 0. The van der Waals surface area contributed by atoms with Crippen LogP contribution < -0.4 is 0 Å². The Balaban J connectivity index is 2.40. The van der Waals surface area contributed by atoms with E-state index >= 15 is 0 Å². The number of carbonyl (C=O) groups excluding carboxylic acids is 2. The van der Waals surface area contributed by atoms with Gasteiger partial charge >= 0.3 is 11.9 Å². The predicted molar refractivity (Wildman–Crippen MR) is 62.0 cm³/mol. The average molecular weight is 234 g/mol. The Kier molecular flexibility index (Phi) is 4.94. The van der Waals surface area contributed by atoms with Crippen LogP contribution in [0.25, 0.3) is 0 Å². The van der Waals surface area contributed by atoms with Crippen LogP contribution in [-0.2, 0) is 25.7 Å². The van der Waals surface area contributed by atoms with E-state index in [9.17, 15) is 9.59 Å². The van der Waals surface area contributed by atoms with Gasteiger partial charge in [0.1, 0.15) is 6.61 Å². The lowest BCUT2D eigenvalue weighted by Crippen LogP contribution is -2.11. The molecule has 0 radical (unpaired) electrons. The van der Waals surface area contributed by atoms with Gasteiger partial charge < -0.3 is 9.47 Å².